The van der Waals surface area contributed by atoms with Crippen LogP contribution in [-0.2, 0) is 9.59 Å². The van der Waals surface area contributed by atoms with Gasteiger partial charge in [0.15, 0.2) is 0 Å². The number of aromatic nitrogens is 1. The van der Waals surface area contributed by atoms with Crippen molar-refractivity contribution in [2.24, 2.45) is 0 Å². The van der Waals surface area contributed by atoms with E-state index in [4.69, 9.17) is 5.11 Å². The fourth-order valence-corrected chi connectivity index (χ4v) is 2.24. The monoisotopic (exact) mass is 292 g/mol. The standard InChI is InChI=1S/C13H16N4O4/c1-14-12(20)9-6-8(2-3-15-9)17-5-4-16-13(21)10(17)7-11(18)19/h2-3,6,10H,4-5,7H2,1H3,(H,14,20)(H,16,21)(H,18,19). The number of rotatable bonds is 4. The zero-order valence-electron chi connectivity index (χ0n) is 11.5. The van der Waals surface area contributed by atoms with Crippen molar-refractivity contribution >= 4 is 23.5 Å². The molecule has 0 aliphatic carbocycles. The lowest BCUT2D eigenvalue weighted by Gasteiger charge is -2.36. The number of pyridine rings is 1. The zero-order chi connectivity index (χ0) is 15.4. The van der Waals surface area contributed by atoms with Crippen LogP contribution in [0, 0.1) is 0 Å². The fraction of sp³-hybridized carbons (Fsp3) is 0.385. The predicted molar refractivity (Wildman–Crippen MR) is 74.0 cm³/mol. The first-order valence-corrected chi connectivity index (χ1v) is 6.47. The highest BCUT2D eigenvalue weighted by Crippen LogP contribution is 2.21. The van der Waals surface area contributed by atoms with Gasteiger partial charge >= 0.3 is 5.97 Å². The Hall–Kier alpha value is -2.64. The normalized spacial score (nSPS) is 18.0. The highest BCUT2D eigenvalue weighted by atomic mass is 16.4. The van der Waals surface area contributed by atoms with Gasteiger partial charge in [-0.05, 0) is 12.1 Å². The van der Waals surface area contributed by atoms with Crippen LogP contribution < -0.4 is 15.5 Å². The first-order chi connectivity index (χ1) is 10.0. The molecule has 1 aliphatic heterocycles. The van der Waals surface area contributed by atoms with Crippen LogP contribution in [0.5, 0.6) is 0 Å². The van der Waals surface area contributed by atoms with Crippen molar-refractivity contribution in [3.63, 3.8) is 0 Å². The van der Waals surface area contributed by atoms with Gasteiger partial charge in [0, 0.05) is 32.0 Å². The van der Waals surface area contributed by atoms with Crippen LogP contribution in [0.1, 0.15) is 16.9 Å². The largest absolute Gasteiger partial charge is 0.481 e. The van der Waals surface area contributed by atoms with Gasteiger partial charge in [-0.3, -0.25) is 19.4 Å². The Kier molecular flexibility index (Phi) is 4.36. The quantitative estimate of drug-likeness (QED) is 0.671. The molecule has 1 aliphatic rings. The maximum absolute atomic E-state index is 11.9. The number of amides is 2. The van der Waals surface area contributed by atoms with E-state index in [0.717, 1.165) is 0 Å². The van der Waals surface area contributed by atoms with Gasteiger partial charge in [0.25, 0.3) is 5.91 Å². The molecule has 1 saturated heterocycles. The molecule has 1 aromatic rings. The van der Waals surface area contributed by atoms with Crippen molar-refractivity contribution in [1.82, 2.24) is 15.6 Å². The number of carbonyl (C=O) groups is 3. The molecule has 1 unspecified atom stereocenters. The van der Waals surface area contributed by atoms with Crippen molar-refractivity contribution in [2.45, 2.75) is 12.5 Å². The highest BCUT2D eigenvalue weighted by molar-refractivity contribution is 5.94. The second-order valence-electron chi connectivity index (χ2n) is 4.58. The number of hydrogen-bond donors (Lipinski definition) is 3. The Labute approximate surface area is 121 Å². The van der Waals surface area contributed by atoms with E-state index < -0.39 is 12.0 Å². The maximum atomic E-state index is 11.9. The molecule has 0 spiro atoms. The van der Waals surface area contributed by atoms with E-state index in [2.05, 4.69) is 15.6 Å². The number of hydrogen-bond acceptors (Lipinski definition) is 5. The van der Waals surface area contributed by atoms with Crippen molar-refractivity contribution in [1.29, 1.82) is 0 Å². The van der Waals surface area contributed by atoms with E-state index >= 15 is 0 Å². The summed E-state index contributed by atoms with van der Waals surface area (Å²) in [5, 5.41) is 14.1. The summed E-state index contributed by atoms with van der Waals surface area (Å²) in [5.74, 6) is -1.72. The second-order valence-corrected chi connectivity index (χ2v) is 4.58. The molecule has 112 valence electrons. The third-order valence-corrected chi connectivity index (χ3v) is 3.23. The lowest BCUT2D eigenvalue weighted by molar-refractivity contribution is -0.139. The van der Waals surface area contributed by atoms with E-state index in [1.54, 1.807) is 17.0 Å². The zero-order valence-corrected chi connectivity index (χ0v) is 11.5. The number of nitrogens with one attached hydrogen (secondary N) is 2. The summed E-state index contributed by atoms with van der Waals surface area (Å²) in [5.41, 5.74) is 0.819. The number of carbonyl (C=O) groups excluding carboxylic acids is 2. The minimum atomic E-state index is -1.05. The lowest BCUT2D eigenvalue weighted by atomic mass is 10.1. The minimum Gasteiger partial charge on any atom is -0.481 e. The van der Waals surface area contributed by atoms with Gasteiger partial charge in [0.2, 0.25) is 5.91 Å². The summed E-state index contributed by atoms with van der Waals surface area (Å²) in [6.07, 6.45) is 1.16. The number of carboxylic acids is 1. The number of anilines is 1. The topological polar surface area (TPSA) is 112 Å². The van der Waals surface area contributed by atoms with E-state index in [1.165, 1.54) is 13.2 Å². The van der Waals surface area contributed by atoms with Crippen LogP contribution in [0.4, 0.5) is 5.69 Å². The predicted octanol–water partition coefficient (Wildman–Crippen LogP) is -0.779. The van der Waals surface area contributed by atoms with E-state index in [-0.39, 0.29) is 23.9 Å². The lowest BCUT2D eigenvalue weighted by Crippen LogP contribution is -2.56. The molecule has 2 amide bonds. The van der Waals surface area contributed by atoms with E-state index in [1.807, 2.05) is 0 Å². The van der Waals surface area contributed by atoms with Gasteiger partial charge in [0.1, 0.15) is 11.7 Å². The Morgan fingerprint density at radius 1 is 1.57 bits per heavy atom. The highest BCUT2D eigenvalue weighted by Gasteiger charge is 2.32. The minimum absolute atomic E-state index is 0.218. The van der Waals surface area contributed by atoms with Crippen molar-refractivity contribution in [3.8, 4) is 0 Å². The number of nitrogens with zero attached hydrogens (tertiary/aromatic N) is 2. The Bertz CT molecular complexity index is 575. The van der Waals surface area contributed by atoms with Crippen molar-refractivity contribution < 1.29 is 19.5 Å². The summed E-state index contributed by atoms with van der Waals surface area (Å²) < 4.78 is 0. The molecule has 8 nitrogen and oxygen atoms in total. The molecule has 3 N–H and O–H groups in total. The Morgan fingerprint density at radius 3 is 3.00 bits per heavy atom. The molecule has 1 fully saturated rings. The molecule has 0 radical (unpaired) electrons. The smallest absolute Gasteiger partial charge is 0.305 e. The van der Waals surface area contributed by atoms with E-state index in [0.29, 0.717) is 18.8 Å². The van der Waals surface area contributed by atoms with Gasteiger partial charge in [-0.25, -0.2) is 0 Å². The maximum Gasteiger partial charge on any atom is 0.305 e. The second kappa shape index (κ2) is 6.21. The third kappa shape index (κ3) is 3.28. The molecule has 2 rings (SSSR count). The first kappa shape index (κ1) is 14.8. The summed E-state index contributed by atoms with van der Waals surface area (Å²) in [6.45, 7) is 0.896. The van der Waals surface area contributed by atoms with Crippen LogP contribution >= 0.6 is 0 Å². The molecule has 2 heterocycles. The number of aliphatic carboxylic acids is 1. The SMILES string of the molecule is CNC(=O)c1cc(N2CCNC(=O)C2CC(=O)O)ccn1. The average molecular weight is 292 g/mol. The van der Waals surface area contributed by atoms with Gasteiger partial charge < -0.3 is 20.6 Å². The first-order valence-electron chi connectivity index (χ1n) is 6.47. The molecule has 1 atom stereocenters. The molecule has 8 heteroatoms. The molecule has 21 heavy (non-hydrogen) atoms. The Morgan fingerprint density at radius 2 is 2.33 bits per heavy atom. The average Bonchev–Trinajstić information content (AvgIpc) is 2.48. The van der Waals surface area contributed by atoms with Gasteiger partial charge in [-0.1, -0.05) is 0 Å². The molecule has 1 aromatic heterocycles. The summed E-state index contributed by atoms with van der Waals surface area (Å²) >= 11 is 0. The van der Waals surface area contributed by atoms with Gasteiger partial charge in [-0.15, -0.1) is 0 Å². The van der Waals surface area contributed by atoms with Gasteiger partial charge in [-0.2, -0.15) is 0 Å². The van der Waals surface area contributed by atoms with Crippen molar-refractivity contribution in [2.75, 3.05) is 25.0 Å². The Balaban J connectivity index is 2.31. The van der Waals surface area contributed by atoms with Crippen LogP contribution in [-0.4, -0.2) is 54.1 Å². The summed E-state index contributed by atoms with van der Waals surface area (Å²) in [6, 6.07) is 2.41. The molecular weight excluding hydrogens is 276 g/mol. The van der Waals surface area contributed by atoms with Gasteiger partial charge in [0.05, 0.1) is 6.42 Å². The van der Waals surface area contributed by atoms with Crippen molar-refractivity contribution in [3.05, 3.63) is 24.0 Å². The van der Waals surface area contributed by atoms with Crippen LogP contribution in [0.25, 0.3) is 0 Å². The van der Waals surface area contributed by atoms with E-state index in [9.17, 15) is 14.4 Å². The molecule has 0 aromatic carbocycles. The number of carboxylic acid groups (broad SMARTS) is 1. The fourth-order valence-electron chi connectivity index (χ4n) is 2.24. The molecule has 0 bridgehead atoms. The molecule has 0 saturated carbocycles. The summed E-state index contributed by atoms with van der Waals surface area (Å²) in [7, 11) is 1.50. The molecular formula is C13H16N4O4. The number of piperazine rings is 1. The summed E-state index contributed by atoms with van der Waals surface area (Å²) in [4.78, 5) is 40.0. The van der Waals surface area contributed by atoms with Crippen LogP contribution in [0.15, 0.2) is 18.3 Å². The van der Waals surface area contributed by atoms with Crippen LogP contribution in [0.3, 0.4) is 0 Å². The van der Waals surface area contributed by atoms with Crippen LogP contribution in [0.2, 0.25) is 0 Å². The third-order valence-electron chi connectivity index (χ3n) is 3.23.